The lowest BCUT2D eigenvalue weighted by Crippen LogP contribution is -2.44. The maximum atomic E-state index is 12.1. The van der Waals surface area contributed by atoms with Gasteiger partial charge in [0.05, 0.1) is 18.2 Å². The van der Waals surface area contributed by atoms with Crippen molar-refractivity contribution in [3.8, 4) is 6.07 Å². The predicted octanol–water partition coefficient (Wildman–Crippen LogP) is 1.80. The van der Waals surface area contributed by atoms with Crippen molar-refractivity contribution in [1.29, 1.82) is 5.26 Å². The summed E-state index contributed by atoms with van der Waals surface area (Å²) in [5.41, 5.74) is 0.192. The Labute approximate surface area is 114 Å². The maximum Gasteiger partial charge on any atom is 0.402 e. The van der Waals surface area contributed by atoms with Crippen molar-refractivity contribution in [1.82, 2.24) is 4.72 Å². The highest BCUT2D eigenvalue weighted by molar-refractivity contribution is 7.90. The number of halogens is 3. The summed E-state index contributed by atoms with van der Waals surface area (Å²) in [5, 5.41) is 8.52. The van der Waals surface area contributed by atoms with Crippen LogP contribution in [0.4, 0.5) is 18.9 Å². The van der Waals surface area contributed by atoms with Crippen molar-refractivity contribution in [3.63, 3.8) is 0 Å². The molecule has 0 aliphatic carbocycles. The van der Waals surface area contributed by atoms with Gasteiger partial charge >= 0.3 is 16.4 Å². The van der Waals surface area contributed by atoms with Crippen molar-refractivity contribution in [2.24, 2.45) is 0 Å². The minimum Gasteiger partial charge on any atom is -0.257 e. The van der Waals surface area contributed by atoms with Crippen LogP contribution in [0.1, 0.15) is 6.42 Å². The molecule has 1 rings (SSSR count). The first-order chi connectivity index (χ1) is 9.26. The molecule has 0 saturated heterocycles. The Kier molecular flexibility index (Phi) is 5.35. The van der Waals surface area contributed by atoms with Crippen LogP contribution in [0.25, 0.3) is 0 Å². The van der Waals surface area contributed by atoms with Crippen LogP contribution >= 0.6 is 0 Å². The second-order valence-corrected chi connectivity index (χ2v) is 5.44. The molecule has 1 N–H and O–H groups in total. The first-order valence-corrected chi connectivity index (χ1v) is 6.96. The van der Waals surface area contributed by atoms with E-state index in [-0.39, 0.29) is 18.7 Å². The molecule has 0 aliphatic rings. The lowest BCUT2D eigenvalue weighted by atomic mass is 10.3. The standard InChI is InChI=1S/C11H12F3N3O2S/c12-11(13,14)9-16-20(18,19)17(8-4-7-15)10-5-2-1-3-6-10/h1-3,5-6,16H,4,8-9H2. The molecule has 0 unspecified atom stereocenters. The molecule has 0 heterocycles. The number of para-hydroxylation sites is 1. The second kappa shape index (κ2) is 6.58. The minimum absolute atomic E-state index is 0.137. The fourth-order valence-corrected chi connectivity index (χ4v) is 2.62. The van der Waals surface area contributed by atoms with E-state index in [1.807, 2.05) is 0 Å². The Morgan fingerprint density at radius 1 is 1.25 bits per heavy atom. The summed E-state index contributed by atoms with van der Waals surface area (Å²) >= 11 is 0. The highest BCUT2D eigenvalue weighted by atomic mass is 32.2. The van der Waals surface area contributed by atoms with E-state index < -0.39 is 22.9 Å². The Bertz CT molecular complexity index is 567. The Morgan fingerprint density at radius 2 is 1.85 bits per heavy atom. The van der Waals surface area contributed by atoms with Crippen molar-refractivity contribution < 1.29 is 21.6 Å². The first-order valence-electron chi connectivity index (χ1n) is 5.52. The molecule has 20 heavy (non-hydrogen) atoms. The predicted molar refractivity (Wildman–Crippen MR) is 67.0 cm³/mol. The van der Waals surface area contributed by atoms with E-state index >= 15 is 0 Å². The molecular formula is C11H12F3N3O2S. The van der Waals surface area contributed by atoms with Crippen LogP contribution in [-0.2, 0) is 10.2 Å². The number of anilines is 1. The van der Waals surface area contributed by atoms with E-state index in [1.54, 1.807) is 24.3 Å². The molecule has 9 heteroatoms. The van der Waals surface area contributed by atoms with Crippen LogP contribution in [0.5, 0.6) is 0 Å². The molecule has 0 saturated carbocycles. The van der Waals surface area contributed by atoms with Crippen LogP contribution in [-0.4, -0.2) is 27.7 Å². The fraction of sp³-hybridized carbons (Fsp3) is 0.364. The fourth-order valence-electron chi connectivity index (χ4n) is 1.38. The zero-order valence-electron chi connectivity index (χ0n) is 10.3. The molecule has 1 aromatic rings. The van der Waals surface area contributed by atoms with Gasteiger partial charge in [-0.1, -0.05) is 18.2 Å². The molecular weight excluding hydrogens is 295 g/mol. The first kappa shape index (κ1) is 16.3. The van der Waals surface area contributed by atoms with E-state index in [1.165, 1.54) is 16.9 Å². The number of nitrogens with zero attached hydrogens (tertiary/aromatic N) is 2. The highest BCUT2D eigenvalue weighted by Crippen LogP contribution is 2.18. The summed E-state index contributed by atoms with van der Waals surface area (Å²) in [5.74, 6) is 0. The van der Waals surface area contributed by atoms with Gasteiger partial charge in [0.15, 0.2) is 0 Å². The molecule has 0 spiro atoms. The van der Waals surface area contributed by atoms with Crippen molar-refractivity contribution in [2.75, 3.05) is 17.4 Å². The van der Waals surface area contributed by atoms with E-state index in [4.69, 9.17) is 5.26 Å². The van der Waals surface area contributed by atoms with Gasteiger partial charge < -0.3 is 0 Å². The normalized spacial score (nSPS) is 11.9. The second-order valence-electron chi connectivity index (χ2n) is 3.76. The summed E-state index contributed by atoms with van der Waals surface area (Å²) < 4.78 is 62.3. The summed E-state index contributed by atoms with van der Waals surface area (Å²) in [6, 6.07) is 9.37. The maximum absolute atomic E-state index is 12.1. The van der Waals surface area contributed by atoms with E-state index in [0.717, 1.165) is 4.31 Å². The Balaban J connectivity index is 2.96. The largest absolute Gasteiger partial charge is 0.402 e. The van der Waals surface area contributed by atoms with E-state index in [2.05, 4.69) is 0 Å². The average Bonchev–Trinajstić information content (AvgIpc) is 2.37. The summed E-state index contributed by atoms with van der Waals surface area (Å²) in [6.45, 7) is -1.89. The molecule has 0 atom stereocenters. The van der Waals surface area contributed by atoms with Gasteiger partial charge in [-0.25, -0.2) is 0 Å². The van der Waals surface area contributed by atoms with Crippen molar-refractivity contribution in [2.45, 2.75) is 12.6 Å². The molecule has 5 nitrogen and oxygen atoms in total. The molecule has 0 amide bonds. The quantitative estimate of drug-likeness (QED) is 0.871. The topological polar surface area (TPSA) is 73.2 Å². The number of benzene rings is 1. The molecule has 0 bridgehead atoms. The number of nitrogens with one attached hydrogen (secondary N) is 1. The molecule has 0 aliphatic heterocycles. The van der Waals surface area contributed by atoms with Crippen LogP contribution in [0.3, 0.4) is 0 Å². The number of nitriles is 1. The summed E-state index contributed by atoms with van der Waals surface area (Å²) in [7, 11) is -4.37. The lowest BCUT2D eigenvalue weighted by Gasteiger charge is -2.24. The Morgan fingerprint density at radius 3 is 2.35 bits per heavy atom. The number of rotatable bonds is 6. The van der Waals surface area contributed by atoms with Gasteiger partial charge in [0.1, 0.15) is 6.54 Å². The summed E-state index contributed by atoms with van der Waals surface area (Å²) in [4.78, 5) is 0. The van der Waals surface area contributed by atoms with Crippen LogP contribution in [0.2, 0.25) is 0 Å². The van der Waals surface area contributed by atoms with E-state index in [9.17, 15) is 21.6 Å². The lowest BCUT2D eigenvalue weighted by molar-refractivity contribution is -0.121. The molecule has 0 fully saturated rings. The summed E-state index contributed by atoms with van der Waals surface area (Å²) in [6.07, 6.45) is -4.79. The number of alkyl halides is 3. The monoisotopic (exact) mass is 307 g/mol. The van der Waals surface area contributed by atoms with Gasteiger partial charge in [0.2, 0.25) is 0 Å². The third-order valence-electron chi connectivity index (χ3n) is 2.22. The molecule has 0 radical (unpaired) electrons. The molecule has 1 aromatic carbocycles. The van der Waals surface area contributed by atoms with Crippen LogP contribution < -0.4 is 9.03 Å². The number of hydrogen-bond acceptors (Lipinski definition) is 3. The van der Waals surface area contributed by atoms with Crippen molar-refractivity contribution in [3.05, 3.63) is 30.3 Å². The van der Waals surface area contributed by atoms with Gasteiger partial charge in [-0.2, -0.15) is 31.6 Å². The van der Waals surface area contributed by atoms with Gasteiger partial charge in [0, 0.05) is 6.54 Å². The smallest absolute Gasteiger partial charge is 0.257 e. The Hall–Kier alpha value is -1.79. The third-order valence-corrected chi connectivity index (χ3v) is 3.70. The zero-order valence-corrected chi connectivity index (χ0v) is 11.1. The van der Waals surface area contributed by atoms with Crippen molar-refractivity contribution >= 4 is 15.9 Å². The average molecular weight is 307 g/mol. The van der Waals surface area contributed by atoms with E-state index in [0.29, 0.717) is 0 Å². The molecule has 0 aromatic heterocycles. The van der Waals surface area contributed by atoms with Gasteiger partial charge in [-0.3, -0.25) is 4.31 Å². The van der Waals surface area contributed by atoms with Gasteiger partial charge in [0.25, 0.3) is 0 Å². The molecule has 110 valence electrons. The third kappa shape index (κ3) is 5.07. The van der Waals surface area contributed by atoms with Crippen LogP contribution in [0.15, 0.2) is 30.3 Å². The zero-order chi connectivity index (χ0) is 15.2. The van der Waals surface area contributed by atoms with Gasteiger partial charge in [-0.05, 0) is 12.1 Å². The van der Waals surface area contributed by atoms with Gasteiger partial charge in [-0.15, -0.1) is 0 Å². The minimum atomic E-state index is -4.65. The highest BCUT2D eigenvalue weighted by Gasteiger charge is 2.31. The van der Waals surface area contributed by atoms with Crippen LogP contribution in [0, 0.1) is 11.3 Å². The SMILES string of the molecule is N#CCCN(c1ccccc1)S(=O)(=O)NCC(F)(F)F. The number of hydrogen-bond donors (Lipinski definition) is 1.